The topological polar surface area (TPSA) is 64.7 Å². The number of nitrogens with zero attached hydrogens (tertiary/aromatic N) is 4. The summed E-state index contributed by atoms with van der Waals surface area (Å²) in [7, 11) is 0. The second kappa shape index (κ2) is 8.55. The normalized spacial score (nSPS) is 11.7. The van der Waals surface area contributed by atoms with Gasteiger partial charge in [0.2, 0.25) is 0 Å². The van der Waals surface area contributed by atoms with Crippen LogP contribution in [0.5, 0.6) is 0 Å². The highest BCUT2D eigenvalue weighted by Gasteiger charge is 2.19. The predicted molar refractivity (Wildman–Crippen MR) is 143 cm³/mol. The Kier molecular flexibility index (Phi) is 5.52. The Morgan fingerprint density at radius 2 is 1.49 bits per heavy atom. The molecular formula is C29H29N5O. The number of rotatable bonds is 4. The van der Waals surface area contributed by atoms with Crippen LogP contribution >= 0.6 is 0 Å². The molecule has 5 rings (SSSR count). The second-order valence-corrected chi connectivity index (χ2v) is 9.85. The van der Waals surface area contributed by atoms with E-state index in [9.17, 15) is 4.79 Å². The van der Waals surface area contributed by atoms with Gasteiger partial charge < -0.3 is 5.32 Å². The lowest BCUT2D eigenvalue weighted by atomic mass is 10.00. The first-order valence-electron chi connectivity index (χ1n) is 11.7. The largest absolute Gasteiger partial charge is 0.321 e. The van der Waals surface area contributed by atoms with Crippen molar-refractivity contribution in [1.29, 1.82) is 0 Å². The van der Waals surface area contributed by atoms with E-state index in [0.29, 0.717) is 17.0 Å². The summed E-state index contributed by atoms with van der Waals surface area (Å²) in [5.41, 5.74) is 4.81. The van der Waals surface area contributed by atoms with Crippen molar-refractivity contribution in [3.05, 3.63) is 100 Å². The minimum absolute atomic E-state index is 0.143. The molecule has 0 saturated heterocycles. The summed E-state index contributed by atoms with van der Waals surface area (Å²) in [5.74, 6) is 1.28. The molecule has 0 fully saturated rings. The third-order valence-electron chi connectivity index (χ3n) is 6.11. The van der Waals surface area contributed by atoms with Crippen LogP contribution in [0.3, 0.4) is 0 Å². The van der Waals surface area contributed by atoms with Crippen LogP contribution in [0, 0.1) is 13.8 Å². The van der Waals surface area contributed by atoms with Gasteiger partial charge in [0.25, 0.3) is 5.56 Å². The van der Waals surface area contributed by atoms with Crippen LogP contribution in [-0.4, -0.2) is 19.6 Å². The first-order chi connectivity index (χ1) is 16.7. The summed E-state index contributed by atoms with van der Waals surface area (Å²) in [6.07, 6.45) is 0. The van der Waals surface area contributed by atoms with E-state index >= 15 is 0 Å². The molecule has 1 N–H and O–H groups in total. The van der Waals surface area contributed by atoms with E-state index in [2.05, 4.69) is 45.1 Å². The molecule has 0 aliphatic rings. The number of aryl methyl sites for hydroxylation is 2. The fourth-order valence-electron chi connectivity index (χ4n) is 4.51. The number of fused-ring (bicyclic) bond motifs is 1. The minimum atomic E-state index is -0.158. The van der Waals surface area contributed by atoms with E-state index in [1.807, 2.05) is 78.3 Å². The van der Waals surface area contributed by atoms with Gasteiger partial charge in [0.1, 0.15) is 0 Å². The average Bonchev–Trinajstić information content (AvgIpc) is 3.22. The molecule has 6 nitrogen and oxygen atoms in total. The first kappa shape index (κ1) is 22.6. The molecule has 0 aliphatic carbocycles. The molecule has 0 saturated carbocycles. The molecule has 0 unspecified atom stereocenters. The van der Waals surface area contributed by atoms with E-state index in [1.54, 1.807) is 0 Å². The smallest absolute Gasteiger partial charge is 0.279 e. The number of benzene rings is 3. The Morgan fingerprint density at radius 1 is 0.800 bits per heavy atom. The van der Waals surface area contributed by atoms with Gasteiger partial charge in [-0.25, -0.2) is 0 Å². The van der Waals surface area contributed by atoms with Crippen molar-refractivity contribution in [2.75, 3.05) is 5.32 Å². The van der Waals surface area contributed by atoms with Crippen LogP contribution in [0.4, 0.5) is 11.6 Å². The Bertz CT molecular complexity index is 1590. The summed E-state index contributed by atoms with van der Waals surface area (Å²) in [6, 6.07) is 25.8. The molecule has 6 heteroatoms. The molecule has 0 aliphatic heterocycles. The van der Waals surface area contributed by atoms with E-state index < -0.39 is 0 Å². The third-order valence-corrected chi connectivity index (χ3v) is 6.11. The summed E-state index contributed by atoms with van der Waals surface area (Å²) in [6.45, 7) is 10.4. The fourth-order valence-corrected chi connectivity index (χ4v) is 4.51. The first-order valence-corrected chi connectivity index (χ1v) is 11.7. The Hall–Kier alpha value is -4.19. The van der Waals surface area contributed by atoms with E-state index in [-0.39, 0.29) is 11.1 Å². The third kappa shape index (κ3) is 4.23. The molecule has 35 heavy (non-hydrogen) atoms. The van der Waals surface area contributed by atoms with Crippen LogP contribution in [0.1, 0.15) is 32.0 Å². The van der Waals surface area contributed by atoms with Crippen molar-refractivity contribution in [2.45, 2.75) is 40.2 Å². The van der Waals surface area contributed by atoms with Gasteiger partial charge in [-0.15, -0.1) is 5.10 Å². The predicted octanol–water partition coefficient (Wildman–Crippen LogP) is 6.36. The maximum atomic E-state index is 13.4. The van der Waals surface area contributed by atoms with Crippen LogP contribution in [0.25, 0.3) is 27.6 Å². The molecule has 0 atom stereocenters. The maximum Gasteiger partial charge on any atom is 0.279 e. The van der Waals surface area contributed by atoms with E-state index in [4.69, 9.17) is 10.2 Å². The molecule has 0 spiro atoms. The van der Waals surface area contributed by atoms with Gasteiger partial charge in [0, 0.05) is 17.1 Å². The van der Waals surface area contributed by atoms with Crippen LogP contribution in [0.2, 0.25) is 0 Å². The van der Waals surface area contributed by atoms with Crippen molar-refractivity contribution in [3.8, 4) is 16.8 Å². The number of nitrogens with one attached hydrogen (secondary N) is 1. The van der Waals surface area contributed by atoms with Gasteiger partial charge >= 0.3 is 0 Å². The molecule has 5 aromatic rings. The van der Waals surface area contributed by atoms with Crippen molar-refractivity contribution in [2.24, 2.45) is 0 Å². The Balaban J connectivity index is 1.62. The average molecular weight is 464 g/mol. The van der Waals surface area contributed by atoms with E-state index in [0.717, 1.165) is 33.5 Å². The monoisotopic (exact) mass is 463 g/mol. The summed E-state index contributed by atoms with van der Waals surface area (Å²) in [4.78, 5) is 13.4. The second-order valence-electron chi connectivity index (χ2n) is 9.85. The highest BCUT2D eigenvalue weighted by molar-refractivity contribution is 5.92. The van der Waals surface area contributed by atoms with Crippen molar-refractivity contribution in [1.82, 2.24) is 19.6 Å². The van der Waals surface area contributed by atoms with Gasteiger partial charge in [0.15, 0.2) is 11.6 Å². The zero-order chi connectivity index (χ0) is 24.7. The van der Waals surface area contributed by atoms with Crippen molar-refractivity contribution < 1.29 is 0 Å². The maximum absolute atomic E-state index is 13.4. The molecule has 2 aromatic heterocycles. The summed E-state index contributed by atoms with van der Waals surface area (Å²) < 4.78 is 3.46. The van der Waals surface area contributed by atoms with Gasteiger partial charge in [-0.2, -0.15) is 9.78 Å². The fraction of sp³-hybridized carbons (Fsp3) is 0.207. The summed E-state index contributed by atoms with van der Waals surface area (Å²) in [5, 5.41) is 14.2. The molecule has 0 radical (unpaired) electrons. The zero-order valence-electron chi connectivity index (χ0n) is 20.7. The number of hydrogen-bond donors (Lipinski definition) is 1. The van der Waals surface area contributed by atoms with E-state index in [1.165, 1.54) is 4.68 Å². The van der Waals surface area contributed by atoms with Gasteiger partial charge in [-0.05, 0) is 69.5 Å². The molecule has 2 heterocycles. The molecule has 3 aromatic carbocycles. The quantitative estimate of drug-likeness (QED) is 0.337. The standard InChI is InChI=1S/C29H29N5O/c1-19-17-22(15-16-23(19)21-11-7-6-8-12-21)33-28(35)25-14-10-9-13-24(25)27(32-33)30-26-18-20(2)34(31-26)29(3,4)5/h6-18H,1-5H3,(H,30,31,32). The highest BCUT2D eigenvalue weighted by atomic mass is 16.1. The summed E-state index contributed by atoms with van der Waals surface area (Å²) >= 11 is 0. The molecule has 0 bridgehead atoms. The van der Waals surface area contributed by atoms with Crippen molar-refractivity contribution >= 4 is 22.4 Å². The Labute approximate surface area is 204 Å². The Morgan fingerprint density at radius 3 is 2.14 bits per heavy atom. The van der Waals surface area contributed by atoms with Gasteiger partial charge in [-0.3, -0.25) is 9.48 Å². The van der Waals surface area contributed by atoms with Crippen LogP contribution in [-0.2, 0) is 5.54 Å². The molecule has 176 valence electrons. The van der Waals surface area contributed by atoms with Gasteiger partial charge in [0.05, 0.1) is 16.6 Å². The number of hydrogen-bond acceptors (Lipinski definition) is 4. The number of anilines is 2. The van der Waals surface area contributed by atoms with Crippen LogP contribution < -0.4 is 10.9 Å². The lowest BCUT2D eigenvalue weighted by Crippen LogP contribution is -2.24. The van der Waals surface area contributed by atoms with Crippen molar-refractivity contribution in [3.63, 3.8) is 0 Å². The molecular weight excluding hydrogens is 434 g/mol. The minimum Gasteiger partial charge on any atom is -0.321 e. The lowest BCUT2D eigenvalue weighted by molar-refractivity contribution is 0.349. The number of aromatic nitrogens is 4. The molecule has 0 amide bonds. The van der Waals surface area contributed by atoms with Crippen LogP contribution in [0.15, 0.2) is 83.7 Å². The lowest BCUT2D eigenvalue weighted by Gasteiger charge is -2.21. The van der Waals surface area contributed by atoms with Gasteiger partial charge in [-0.1, -0.05) is 54.6 Å². The SMILES string of the molecule is Cc1cc(-n2nc(Nc3cc(C)n(C(C)(C)C)n3)c3ccccc3c2=O)ccc1-c1ccccc1. The zero-order valence-corrected chi connectivity index (χ0v) is 20.7. The highest BCUT2D eigenvalue weighted by Crippen LogP contribution is 2.27.